The van der Waals surface area contributed by atoms with Crippen molar-refractivity contribution >= 4 is 16.6 Å². The number of nitrogens with zero attached hydrogens (tertiary/aromatic N) is 1. The van der Waals surface area contributed by atoms with Gasteiger partial charge in [-0.25, -0.2) is 0 Å². The van der Waals surface area contributed by atoms with Gasteiger partial charge in [0.15, 0.2) is 0 Å². The van der Waals surface area contributed by atoms with Gasteiger partial charge in [0.1, 0.15) is 12.4 Å². The van der Waals surface area contributed by atoms with E-state index in [1.807, 2.05) is 24.4 Å². The zero-order valence-corrected chi connectivity index (χ0v) is 11.7. The Hall–Kier alpha value is -2.75. The fourth-order valence-electron chi connectivity index (χ4n) is 2.11. The third-order valence-electron chi connectivity index (χ3n) is 3.23. The van der Waals surface area contributed by atoms with Crippen molar-refractivity contribution < 1.29 is 4.74 Å². The smallest absolute Gasteiger partial charge is 0.119 e. The molecule has 4 heteroatoms. The molecule has 2 aromatic carbocycles. The summed E-state index contributed by atoms with van der Waals surface area (Å²) in [5, 5.41) is 11.5. The van der Waals surface area contributed by atoms with Gasteiger partial charge in [0.25, 0.3) is 0 Å². The molecule has 0 amide bonds. The summed E-state index contributed by atoms with van der Waals surface area (Å²) in [6.07, 6.45) is 3.56. The lowest BCUT2D eigenvalue weighted by molar-refractivity contribution is 0.363. The molecule has 106 valence electrons. The molecule has 4 nitrogen and oxygen atoms in total. The molecule has 1 heterocycles. The van der Waals surface area contributed by atoms with Crippen molar-refractivity contribution in [3.05, 3.63) is 66.9 Å². The SMILES string of the molecule is C=CCOc1ccc(CNc2ccc3cn[nH]c3c2)cc1. The van der Waals surface area contributed by atoms with Crippen molar-refractivity contribution in [3.63, 3.8) is 0 Å². The van der Waals surface area contributed by atoms with E-state index in [0.29, 0.717) is 6.61 Å². The normalized spacial score (nSPS) is 10.5. The van der Waals surface area contributed by atoms with Gasteiger partial charge in [-0.1, -0.05) is 24.8 Å². The van der Waals surface area contributed by atoms with Crippen LogP contribution in [-0.2, 0) is 6.54 Å². The molecule has 0 fully saturated rings. The summed E-state index contributed by atoms with van der Waals surface area (Å²) in [6, 6.07) is 14.2. The van der Waals surface area contributed by atoms with E-state index in [1.165, 1.54) is 5.56 Å². The summed E-state index contributed by atoms with van der Waals surface area (Å²) < 4.78 is 5.46. The van der Waals surface area contributed by atoms with Crippen molar-refractivity contribution in [2.24, 2.45) is 0 Å². The Labute approximate surface area is 123 Å². The maximum Gasteiger partial charge on any atom is 0.119 e. The van der Waals surface area contributed by atoms with Gasteiger partial charge in [0.05, 0.1) is 11.7 Å². The van der Waals surface area contributed by atoms with E-state index in [0.717, 1.165) is 28.9 Å². The monoisotopic (exact) mass is 279 g/mol. The number of H-pyrrole nitrogens is 1. The Bertz CT molecular complexity index is 731. The van der Waals surface area contributed by atoms with Crippen LogP contribution in [0.15, 0.2) is 61.3 Å². The minimum Gasteiger partial charge on any atom is -0.490 e. The van der Waals surface area contributed by atoms with E-state index >= 15 is 0 Å². The number of hydrogen-bond acceptors (Lipinski definition) is 3. The average molecular weight is 279 g/mol. The Kier molecular flexibility index (Phi) is 3.87. The minimum atomic E-state index is 0.530. The van der Waals surface area contributed by atoms with Gasteiger partial charge in [-0.2, -0.15) is 5.10 Å². The van der Waals surface area contributed by atoms with Crippen LogP contribution in [-0.4, -0.2) is 16.8 Å². The average Bonchev–Trinajstić information content (AvgIpc) is 2.99. The Morgan fingerprint density at radius 1 is 1.19 bits per heavy atom. The fourth-order valence-corrected chi connectivity index (χ4v) is 2.11. The first-order valence-corrected chi connectivity index (χ1v) is 6.85. The van der Waals surface area contributed by atoms with E-state index in [-0.39, 0.29) is 0 Å². The van der Waals surface area contributed by atoms with Crippen LogP contribution in [0.1, 0.15) is 5.56 Å². The number of aromatic nitrogens is 2. The van der Waals surface area contributed by atoms with E-state index in [9.17, 15) is 0 Å². The van der Waals surface area contributed by atoms with Gasteiger partial charge in [-0.05, 0) is 35.9 Å². The number of aromatic amines is 1. The quantitative estimate of drug-likeness (QED) is 0.676. The van der Waals surface area contributed by atoms with Crippen LogP contribution in [0.3, 0.4) is 0 Å². The van der Waals surface area contributed by atoms with Crippen LogP contribution in [0.25, 0.3) is 10.9 Å². The number of hydrogen-bond donors (Lipinski definition) is 2. The third kappa shape index (κ3) is 3.23. The zero-order chi connectivity index (χ0) is 14.5. The number of nitrogens with one attached hydrogen (secondary N) is 2. The minimum absolute atomic E-state index is 0.530. The second-order valence-electron chi connectivity index (χ2n) is 4.77. The first-order valence-electron chi connectivity index (χ1n) is 6.85. The van der Waals surface area contributed by atoms with Crippen LogP contribution in [0, 0.1) is 0 Å². The van der Waals surface area contributed by atoms with Crippen LogP contribution >= 0.6 is 0 Å². The molecular formula is C17H17N3O. The molecule has 2 N–H and O–H groups in total. The predicted molar refractivity (Wildman–Crippen MR) is 85.6 cm³/mol. The van der Waals surface area contributed by atoms with Crippen molar-refractivity contribution in [2.75, 3.05) is 11.9 Å². The molecule has 0 bridgehead atoms. The van der Waals surface area contributed by atoms with Crippen molar-refractivity contribution in [1.29, 1.82) is 0 Å². The maximum absolute atomic E-state index is 5.46. The van der Waals surface area contributed by atoms with Crippen LogP contribution in [0.2, 0.25) is 0 Å². The lowest BCUT2D eigenvalue weighted by Gasteiger charge is -2.08. The van der Waals surface area contributed by atoms with Crippen LogP contribution in [0.5, 0.6) is 5.75 Å². The first kappa shape index (κ1) is 13.2. The standard InChI is InChI=1S/C17H17N3O/c1-2-9-21-16-7-3-13(4-8-16)11-18-15-6-5-14-12-19-20-17(14)10-15/h2-8,10,12,18H,1,9,11H2,(H,19,20). The molecule has 1 aromatic heterocycles. The Morgan fingerprint density at radius 2 is 2.05 bits per heavy atom. The van der Waals surface area contributed by atoms with Gasteiger partial charge in [0, 0.05) is 17.6 Å². The van der Waals surface area contributed by atoms with Crippen molar-refractivity contribution in [3.8, 4) is 5.75 Å². The van der Waals surface area contributed by atoms with E-state index in [1.54, 1.807) is 6.08 Å². The number of ether oxygens (including phenoxy) is 1. The molecule has 0 aliphatic heterocycles. The zero-order valence-electron chi connectivity index (χ0n) is 11.7. The maximum atomic E-state index is 5.46. The van der Waals surface area contributed by atoms with Crippen LogP contribution < -0.4 is 10.1 Å². The Morgan fingerprint density at radius 3 is 2.86 bits per heavy atom. The molecule has 21 heavy (non-hydrogen) atoms. The van der Waals surface area contributed by atoms with E-state index < -0.39 is 0 Å². The van der Waals surface area contributed by atoms with Gasteiger partial charge in [0.2, 0.25) is 0 Å². The highest BCUT2D eigenvalue weighted by atomic mass is 16.5. The first-order chi connectivity index (χ1) is 10.3. The second-order valence-corrected chi connectivity index (χ2v) is 4.77. The molecular weight excluding hydrogens is 262 g/mol. The summed E-state index contributed by atoms with van der Waals surface area (Å²) in [5.41, 5.74) is 3.30. The molecule has 0 aliphatic carbocycles. The predicted octanol–water partition coefficient (Wildman–Crippen LogP) is 3.74. The molecule has 0 saturated carbocycles. The lowest BCUT2D eigenvalue weighted by Crippen LogP contribution is -1.99. The topological polar surface area (TPSA) is 49.9 Å². The van der Waals surface area contributed by atoms with Crippen molar-refractivity contribution in [1.82, 2.24) is 10.2 Å². The van der Waals surface area contributed by atoms with Gasteiger partial charge in [-0.3, -0.25) is 5.10 Å². The van der Waals surface area contributed by atoms with E-state index in [4.69, 9.17) is 4.74 Å². The van der Waals surface area contributed by atoms with Crippen molar-refractivity contribution in [2.45, 2.75) is 6.54 Å². The molecule has 3 rings (SSSR count). The number of benzene rings is 2. The molecule has 0 saturated heterocycles. The van der Waals surface area contributed by atoms with E-state index in [2.05, 4.69) is 46.4 Å². The lowest BCUT2D eigenvalue weighted by atomic mass is 10.2. The number of fused-ring (bicyclic) bond motifs is 1. The van der Waals surface area contributed by atoms with Gasteiger partial charge < -0.3 is 10.1 Å². The summed E-state index contributed by atoms with van der Waals surface area (Å²) in [6.45, 7) is 4.93. The third-order valence-corrected chi connectivity index (χ3v) is 3.23. The highest BCUT2D eigenvalue weighted by molar-refractivity contribution is 5.81. The largest absolute Gasteiger partial charge is 0.490 e. The summed E-state index contributed by atoms with van der Waals surface area (Å²) in [7, 11) is 0. The van der Waals surface area contributed by atoms with Gasteiger partial charge in [-0.15, -0.1) is 0 Å². The molecule has 0 atom stereocenters. The fraction of sp³-hybridized carbons (Fsp3) is 0.118. The summed E-state index contributed by atoms with van der Waals surface area (Å²) in [5.74, 6) is 0.859. The summed E-state index contributed by atoms with van der Waals surface area (Å²) in [4.78, 5) is 0. The highest BCUT2D eigenvalue weighted by Gasteiger charge is 1.99. The highest BCUT2D eigenvalue weighted by Crippen LogP contribution is 2.18. The van der Waals surface area contributed by atoms with Gasteiger partial charge >= 0.3 is 0 Å². The second kappa shape index (κ2) is 6.13. The molecule has 0 unspecified atom stereocenters. The Balaban J connectivity index is 1.62. The number of anilines is 1. The molecule has 0 spiro atoms. The molecule has 3 aromatic rings. The molecule has 0 aliphatic rings. The molecule has 0 radical (unpaired) electrons. The summed E-state index contributed by atoms with van der Waals surface area (Å²) >= 11 is 0. The number of rotatable bonds is 6. The van der Waals surface area contributed by atoms with Crippen LogP contribution in [0.4, 0.5) is 5.69 Å².